The molecular formula is C25H25Cl2N5O2. The summed E-state index contributed by atoms with van der Waals surface area (Å²) in [6, 6.07) is 12.9. The number of piperidine rings is 1. The summed E-state index contributed by atoms with van der Waals surface area (Å²) >= 11 is 12.2. The van der Waals surface area contributed by atoms with Crippen LogP contribution >= 0.6 is 23.2 Å². The Morgan fingerprint density at radius 1 is 1.15 bits per heavy atom. The molecule has 0 spiro atoms. The summed E-state index contributed by atoms with van der Waals surface area (Å²) in [6.07, 6.45) is 3.03. The molecule has 1 aliphatic heterocycles. The van der Waals surface area contributed by atoms with E-state index < -0.39 is 5.91 Å². The van der Waals surface area contributed by atoms with Crippen LogP contribution in [0.2, 0.25) is 10.0 Å². The monoisotopic (exact) mass is 497 g/mol. The first-order valence-corrected chi connectivity index (χ1v) is 12.0. The maximum absolute atomic E-state index is 13.5. The molecule has 1 aromatic heterocycles. The summed E-state index contributed by atoms with van der Waals surface area (Å²) in [5.74, 6) is -0.280. The molecule has 34 heavy (non-hydrogen) atoms. The quantitative estimate of drug-likeness (QED) is 0.513. The highest BCUT2D eigenvalue weighted by atomic mass is 35.5. The van der Waals surface area contributed by atoms with Gasteiger partial charge >= 0.3 is 0 Å². The lowest BCUT2D eigenvalue weighted by Gasteiger charge is -2.37. The van der Waals surface area contributed by atoms with E-state index in [4.69, 9.17) is 28.9 Å². The highest BCUT2D eigenvalue weighted by Gasteiger charge is 2.49. The Morgan fingerprint density at radius 2 is 1.94 bits per heavy atom. The van der Waals surface area contributed by atoms with Crippen LogP contribution < -0.4 is 11.1 Å². The molecule has 2 bridgehead atoms. The summed E-state index contributed by atoms with van der Waals surface area (Å²) in [4.78, 5) is 27.4. The van der Waals surface area contributed by atoms with Crippen LogP contribution in [0.25, 0.3) is 10.9 Å². The van der Waals surface area contributed by atoms with Crippen LogP contribution in [0.15, 0.2) is 54.7 Å². The van der Waals surface area contributed by atoms with Crippen molar-refractivity contribution < 1.29 is 9.59 Å². The van der Waals surface area contributed by atoms with Crippen molar-refractivity contribution in [3.8, 4) is 0 Å². The van der Waals surface area contributed by atoms with Crippen molar-refractivity contribution in [2.24, 2.45) is 11.7 Å². The largest absolute Gasteiger partial charge is 0.383 e. The summed E-state index contributed by atoms with van der Waals surface area (Å²) in [7, 11) is 0. The van der Waals surface area contributed by atoms with Gasteiger partial charge in [0, 0.05) is 23.7 Å². The van der Waals surface area contributed by atoms with Crippen LogP contribution in [0.5, 0.6) is 0 Å². The van der Waals surface area contributed by atoms with E-state index >= 15 is 0 Å². The first kappa shape index (κ1) is 22.7. The first-order valence-electron chi connectivity index (χ1n) is 11.3. The number of carbonyl (C=O) groups is 2. The van der Waals surface area contributed by atoms with Crippen molar-refractivity contribution >= 4 is 45.9 Å². The smallest absolute Gasteiger partial charge is 0.269 e. The number of hydrogen-bond acceptors (Lipinski definition) is 4. The minimum atomic E-state index is -0.611. The van der Waals surface area contributed by atoms with E-state index in [9.17, 15) is 9.59 Å². The van der Waals surface area contributed by atoms with Gasteiger partial charge in [0.05, 0.1) is 21.6 Å². The van der Waals surface area contributed by atoms with E-state index in [0.717, 1.165) is 30.5 Å². The maximum Gasteiger partial charge on any atom is 0.269 e. The number of carbonyl (C=O) groups excluding carboxylic acids is 2. The summed E-state index contributed by atoms with van der Waals surface area (Å²) in [6.45, 7) is 4.85. The van der Waals surface area contributed by atoms with Crippen molar-refractivity contribution in [2.45, 2.75) is 44.4 Å². The Balaban J connectivity index is 1.34. The number of para-hydroxylation sites is 1. The molecule has 1 saturated carbocycles. The maximum atomic E-state index is 13.5. The molecule has 5 rings (SSSR count). The number of halogens is 2. The molecule has 2 amide bonds. The Labute approximate surface area is 207 Å². The molecule has 3 aromatic rings. The molecule has 2 fully saturated rings. The Morgan fingerprint density at radius 3 is 2.71 bits per heavy atom. The molecule has 7 nitrogen and oxygen atoms in total. The minimum Gasteiger partial charge on any atom is -0.383 e. The number of amides is 2. The van der Waals surface area contributed by atoms with Crippen LogP contribution in [0, 0.1) is 5.92 Å². The number of primary amides is 1. The zero-order valence-electron chi connectivity index (χ0n) is 18.5. The standard InChI is InChI=1S/C25H25Cl2N5O2/c1-14(29-12-15-6-9-19(26)20(27)10-15)24-16-7-8-17(11-16)32(24)22(33)13-31-21-5-3-2-4-18(21)23(30-31)25(28)34/h2-6,9-10,16-17,24,29H,1,7-8,11-13H2,(H2,28,34)/t16-,17?,24?/m0/s1. The molecule has 3 atom stereocenters. The highest BCUT2D eigenvalue weighted by molar-refractivity contribution is 6.42. The Bertz CT molecular complexity index is 1300. The number of hydrogen-bond donors (Lipinski definition) is 2. The zero-order chi connectivity index (χ0) is 24.0. The minimum absolute atomic E-state index is 0.0353. The van der Waals surface area contributed by atoms with Crippen molar-refractivity contribution in [1.29, 1.82) is 0 Å². The molecule has 2 unspecified atom stereocenters. The van der Waals surface area contributed by atoms with Gasteiger partial charge in [-0.25, -0.2) is 0 Å². The fraction of sp³-hybridized carbons (Fsp3) is 0.320. The number of rotatable bonds is 7. The number of nitrogens with one attached hydrogen (secondary N) is 1. The number of nitrogens with zero attached hydrogens (tertiary/aromatic N) is 3. The lowest BCUT2D eigenvalue weighted by molar-refractivity contribution is -0.135. The second-order valence-corrected chi connectivity index (χ2v) is 9.80. The lowest BCUT2D eigenvalue weighted by Crippen LogP contribution is -2.49. The van der Waals surface area contributed by atoms with Crippen molar-refractivity contribution in [1.82, 2.24) is 20.0 Å². The summed E-state index contributed by atoms with van der Waals surface area (Å²) in [5, 5.41) is 9.42. The third-order valence-electron chi connectivity index (χ3n) is 6.91. The van der Waals surface area contributed by atoms with Gasteiger partial charge in [-0.3, -0.25) is 14.3 Å². The molecule has 9 heteroatoms. The van der Waals surface area contributed by atoms with Crippen molar-refractivity contribution in [3.05, 3.63) is 76.0 Å². The van der Waals surface area contributed by atoms with Crippen LogP contribution in [-0.4, -0.2) is 38.6 Å². The van der Waals surface area contributed by atoms with E-state index in [1.54, 1.807) is 16.8 Å². The van der Waals surface area contributed by atoms with Crippen LogP contribution in [0.4, 0.5) is 0 Å². The first-order chi connectivity index (χ1) is 16.3. The summed E-state index contributed by atoms with van der Waals surface area (Å²) in [5.41, 5.74) is 8.20. The molecule has 176 valence electrons. The van der Waals surface area contributed by atoms with Crippen molar-refractivity contribution in [2.75, 3.05) is 0 Å². The molecule has 2 aromatic carbocycles. The predicted molar refractivity (Wildman–Crippen MR) is 132 cm³/mol. The number of benzene rings is 2. The van der Waals surface area contributed by atoms with E-state index in [-0.39, 0.29) is 30.2 Å². The van der Waals surface area contributed by atoms with Gasteiger partial charge in [0.2, 0.25) is 5.91 Å². The van der Waals surface area contributed by atoms with Gasteiger partial charge in [-0.2, -0.15) is 5.10 Å². The average molecular weight is 498 g/mol. The fourth-order valence-corrected chi connectivity index (χ4v) is 5.73. The SMILES string of the molecule is C=C(NCc1ccc(Cl)c(Cl)c1)C1[C@H]2CCC(C2)N1C(=O)Cn1nc(C(N)=O)c2ccccc21. The van der Waals surface area contributed by atoms with E-state index in [1.165, 1.54) is 0 Å². The normalized spacial score (nSPS) is 21.2. The topological polar surface area (TPSA) is 93.2 Å². The molecule has 3 N–H and O–H groups in total. The van der Waals surface area contributed by atoms with Crippen LogP contribution in [0.3, 0.4) is 0 Å². The van der Waals surface area contributed by atoms with Gasteiger partial charge in [0.1, 0.15) is 6.54 Å². The van der Waals surface area contributed by atoms with E-state index in [1.807, 2.05) is 35.2 Å². The molecular weight excluding hydrogens is 473 g/mol. The van der Waals surface area contributed by atoms with Gasteiger partial charge in [0.25, 0.3) is 5.91 Å². The second kappa shape index (κ2) is 8.96. The van der Waals surface area contributed by atoms with Gasteiger partial charge in [-0.05, 0) is 48.9 Å². The predicted octanol–water partition coefficient (Wildman–Crippen LogP) is 4.13. The number of fused-ring (bicyclic) bond motifs is 3. The van der Waals surface area contributed by atoms with Gasteiger partial charge in [-0.15, -0.1) is 0 Å². The average Bonchev–Trinajstić information content (AvgIpc) is 3.53. The fourth-order valence-electron chi connectivity index (χ4n) is 5.41. The number of aromatic nitrogens is 2. The molecule has 2 heterocycles. The third kappa shape index (κ3) is 4.03. The van der Waals surface area contributed by atoms with Gasteiger partial charge < -0.3 is 16.0 Å². The highest BCUT2D eigenvalue weighted by Crippen LogP contribution is 2.44. The summed E-state index contributed by atoms with van der Waals surface area (Å²) < 4.78 is 1.58. The number of likely N-dealkylation sites (tertiary alicyclic amines) is 1. The van der Waals surface area contributed by atoms with Gasteiger partial charge in [0.15, 0.2) is 5.69 Å². The van der Waals surface area contributed by atoms with Crippen LogP contribution in [0.1, 0.15) is 35.3 Å². The van der Waals surface area contributed by atoms with Crippen LogP contribution in [-0.2, 0) is 17.9 Å². The lowest BCUT2D eigenvalue weighted by atomic mass is 9.96. The molecule has 0 radical (unpaired) electrons. The zero-order valence-corrected chi connectivity index (χ0v) is 20.0. The van der Waals surface area contributed by atoms with E-state index in [2.05, 4.69) is 17.0 Å². The second-order valence-electron chi connectivity index (χ2n) is 8.99. The number of nitrogens with two attached hydrogens (primary N) is 1. The Hall–Kier alpha value is -3.03. The molecule has 1 saturated heterocycles. The molecule has 2 aliphatic rings. The Kier molecular flexibility index (Phi) is 6.00. The molecule has 1 aliphatic carbocycles. The van der Waals surface area contributed by atoms with Gasteiger partial charge in [-0.1, -0.05) is 54.0 Å². The van der Waals surface area contributed by atoms with E-state index in [0.29, 0.717) is 33.4 Å². The third-order valence-corrected chi connectivity index (χ3v) is 7.65. The van der Waals surface area contributed by atoms with Crippen molar-refractivity contribution in [3.63, 3.8) is 0 Å².